The van der Waals surface area contributed by atoms with Gasteiger partial charge in [0.15, 0.2) is 11.7 Å². The second-order valence-electron chi connectivity index (χ2n) is 9.68. The van der Waals surface area contributed by atoms with Crippen LogP contribution in [0.2, 0.25) is 0 Å². The van der Waals surface area contributed by atoms with Crippen molar-refractivity contribution in [1.82, 2.24) is 4.98 Å². The lowest BCUT2D eigenvalue weighted by molar-refractivity contribution is -0.0948. The lowest BCUT2D eigenvalue weighted by atomic mass is 9.86. The topological polar surface area (TPSA) is 146 Å². The first-order valence-corrected chi connectivity index (χ1v) is 14.6. The van der Waals surface area contributed by atoms with E-state index < -0.39 is 21.7 Å². The predicted molar refractivity (Wildman–Crippen MR) is 152 cm³/mol. The number of benzene rings is 3. The molecule has 0 aliphatic carbocycles. The number of ether oxygens (including phenoxy) is 3. The molecule has 1 atom stereocenters. The van der Waals surface area contributed by atoms with Crippen LogP contribution >= 0.6 is 0 Å². The van der Waals surface area contributed by atoms with E-state index in [1.54, 1.807) is 19.2 Å². The van der Waals surface area contributed by atoms with Crippen LogP contribution in [0.5, 0.6) is 5.75 Å². The Labute approximate surface area is 238 Å². The summed E-state index contributed by atoms with van der Waals surface area (Å²) in [5, 5.41) is 17.9. The third kappa shape index (κ3) is 6.49. The number of oxazole rings is 1. The third-order valence-corrected chi connectivity index (χ3v) is 8.04. The molecule has 0 spiro atoms. The van der Waals surface area contributed by atoms with E-state index in [-0.39, 0.29) is 11.3 Å². The molecule has 1 aliphatic rings. The Morgan fingerprint density at radius 3 is 2.44 bits per heavy atom. The Balaban J connectivity index is 1.44. The predicted octanol–water partition coefficient (Wildman–Crippen LogP) is 4.76. The number of rotatable bonds is 10. The van der Waals surface area contributed by atoms with Crippen LogP contribution in [0.1, 0.15) is 24.3 Å². The number of methoxy groups -OCH3 is 1. The molecule has 11 heteroatoms. The number of primary sulfonamides is 1. The van der Waals surface area contributed by atoms with Gasteiger partial charge < -0.3 is 23.8 Å². The summed E-state index contributed by atoms with van der Waals surface area (Å²) in [5.41, 5.74) is 2.53. The monoisotopic (exact) mass is 577 g/mol. The zero-order chi connectivity index (χ0) is 28.9. The molecule has 0 amide bonds. The summed E-state index contributed by atoms with van der Waals surface area (Å²) in [6, 6.07) is 23.2. The van der Waals surface area contributed by atoms with E-state index in [1.165, 1.54) is 18.3 Å². The van der Waals surface area contributed by atoms with Crippen molar-refractivity contribution in [2.45, 2.75) is 35.9 Å². The van der Waals surface area contributed by atoms with E-state index in [2.05, 4.69) is 5.16 Å². The molecule has 5 rings (SSSR count). The second kappa shape index (κ2) is 12.2. The number of aromatic nitrogens is 1. The van der Waals surface area contributed by atoms with Crippen molar-refractivity contribution < 1.29 is 32.3 Å². The molecular weight excluding hydrogens is 546 g/mol. The number of sulfonamides is 1. The fourth-order valence-electron chi connectivity index (χ4n) is 4.95. The van der Waals surface area contributed by atoms with Gasteiger partial charge in [0.25, 0.3) is 0 Å². The van der Waals surface area contributed by atoms with Crippen LogP contribution in [0.3, 0.4) is 0 Å². The molecule has 1 unspecified atom stereocenters. The highest BCUT2D eigenvalue weighted by atomic mass is 32.2. The van der Waals surface area contributed by atoms with Gasteiger partial charge in [-0.1, -0.05) is 47.6 Å². The van der Waals surface area contributed by atoms with Gasteiger partial charge in [-0.25, -0.2) is 18.5 Å². The molecule has 0 bridgehead atoms. The Morgan fingerprint density at radius 1 is 1.05 bits per heavy atom. The minimum atomic E-state index is -3.84. The van der Waals surface area contributed by atoms with E-state index in [1.807, 2.05) is 54.6 Å². The van der Waals surface area contributed by atoms with Crippen LogP contribution in [-0.4, -0.2) is 51.3 Å². The molecule has 214 valence electrons. The van der Waals surface area contributed by atoms with Crippen LogP contribution in [0, 0.1) is 0 Å². The van der Waals surface area contributed by atoms with Crippen molar-refractivity contribution in [3.05, 3.63) is 90.3 Å². The average molecular weight is 578 g/mol. The minimum absolute atomic E-state index is 0.00638. The molecule has 1 fully saturated rings. The molecule has 4 aromatic rings. The Hall–Kier alpha value is -4.03. The van der Waals surface area contributed by atoms with E-state index in [4.69, 9.17) is 28.8 Å². The smallest absolute Gasteiger partial charge is 0.238 e. The standard InChI is InChI=1S/C30H31N3O7S/c1-37-30(14-16-38-17-15-30)23-8-5-9-24(18-23)39-25(20-32-34)19-27-33-28(21-6-3-2-4-7-21)29(40-27)22-10-12-26(13-11-22)41(31,35)36/h2-13,18,20,25,34H,14-17,19H2,1H3,(H2,31,35,36)/b32-20-. The molecule has 3 N–H and O–H groups in total. The number of hydrogen-bond donors (Lipinski definition) is 2. The summed E-state index contributed by atoms with van der Waals surface area (Å²) in [5.74, 6) is 1.37. The van der Waals surface area contributed by atoms with Crippen molar-refractivity contribution in [3.8, 4) is 28.3 Å². The SMILES string of the molecule is COC1(c2cccc(OC(/C=N\O)Cc3nc(-c4ccccc4)c(-c4ccc(S(N)(=O)=O)cc4)o3)c2)CCOCC1. The lowest BCUT2D eigenvalue weighted by Gasteiger charge is -2.36. The summed E-state index contributed by atoms with van der Waals surface area (Å²) in [7, 11) is -2.14. The second-order valence-corrected chi connectivity index (χ2v) is 11.2. The van der Waals surface area contributed by atoms with E-state index in [0.29, 0.717) is 41.9 Å². The molecule has 41 heavy (non-hydrogen) atoms. The summed E-state index contributed by atoms with van der Waals surface area (Å²) in [6.07, 6.45) is 2.19. The van der Waals surface area contributed by atoms with Gasteiger partial charge in [-0.2, -0.15) is 0 Å². The quantitative estimate of drug-likeness (QED) is 0.156. The molecule has 3 aromatic carbocycles. The maximum Gasteiger partial charge on any atom is 0.238 e. The van der Waals surface area contributed by atoms with E-state index >= 15 is 0 Å². The van der Waals surface area contributed by atoms with Gasteiger partial charge in [0.05, 0.1) is 23.1 Å². The van der Waals surface area contributed by atoms with Crippen molar-refractivity contribution in [1.29, 1.82) is 0 Å². The molecule has 1 saturated heterocycles. The number of oxime groups is 1. The molecular formula is C30H31N3O7S. The largest absolute Gasteiger partial charge is 0.484 e. The number of nitrogens with two attached hydrogens (primary N) is 1. The first-order valence-electron chi connectivity index (χ1n) is 13.1. The normalized spacial score (nSPS) is 16.0. The maximum atomic E-state index is 11.7. The number of hydrogen-bond acceptors (Lipinski definition) is 9. The van der Waals surface area contributed by atoms with Crippen molar-refractivity contribution in [2.75, 3.05) is 20.3 Å². The highest BCUT2D eigenvalue weighted by molar-refractivity contribution is 7.89. The Morgan fingerprint density at radius 2 is 1.78 bits per heavy atom. The van der Waals surface area contributed by atoms with Gasteiger partial charge in [0.2, 0.25) is 10.0 Å². The summed E-state index contributed by atoms with van der Waals surface area (Å²) in [6.45, 7) is 1.22. The highest BCUT2D eigenvalue weighted by Crippen LogP contribution is 2.37. The van der Waals surface area contributed by atoms with E-state index in [9.17, 15) is 13.6 Å². The molecule has 10 nitrogen and oxygen atoms in total. The van der Waals surface area contributed by atoms with E-state index in [0.717, 1.165) is 24.0 Å². The first-order chi connectivity index (χ1) is 19.8. The van der Waals surface area contributed by atoms with Gasteiger partial charge in [-0.15, -0.1) is 0 Å². The molecule has 0 saturated carbocycles. The van der Waals surface area contributed by atoms with Crippen LogP contribution in [0.15, 0.2) is 93.3 Å². The van der Waals surface area contributed by atoms with Gasteiger partial charge >= 0.3 is 0 Å². The van der Waals surface area contributed by atoms with Crippen molar-refractivity contribution in [3.63, 3.8) is 0 Å². The summed E-state index contributed by atoms with van der Waals surface area (Å²) >= 11 is 0. The fourth-order valence-corrected chi connectivity index (χ4v) is 5.46. The molecule has 1 aromatic heterocycles. The zero-order valence-electron chi connectivity index (χ0n) is 22.5. The first kappa shape index (κ1) is 28.5. The maximum absolute atomic E-state index is 11.7. The summed E-state index contributed by atoms with van der Waals surface area (Å²) < 4.78 is 47.3. The van der Waals surface area contributed by atoms with Gasteiger partial charge in [0.1, 0.15) is 17.5 Å². The van der Waals surface area contributed by atoms with Crippen molar-refractivity contribution >= 4 is 16.2 Å². The third-order valence-electron chi connectivity index (χ3n) is 7.11. The number of nitrogens with zero attached hydrogens (tertiary/aromatic N) is 2. The average Bonchev–Trinajstić information content (AvgIpc) is 3.41. The van der Waals surface area contributed by atoms with Crippen LogP contribution in [0.4, 0.5) is 0 Å². The highest BCUT2D eigenvalue weighted by Gasteiger charge is 2.34. The Kier molecular flexibility index (Phi) is 8.50. The molecule has 2 heterocycles. The summed E-state index contributed by atoms with van der Waals surface area (Å²) in [4.78, 5) is 4.73. The zero-order valence-corrected chi connectivity index (χ0v) is 23.3. The van der Waals surface area contributed by atoms with Crippen LogP contribution in [0.25, 0.3) is 22.6 Å². The lowest BCUT2D eigenvalue weighted by Crippen LogP contribution is -2.35. The minimum Gasteiger partial charge on any atom is -0.484 e. The van der Waals surface area contributed by atoms with Crippen molar-refractivity contribution in [2.24, 2.45) is 10.3 Å². The molecule has 0 radical (unpaired) electrons. The fraction of sp³-hybridized carbons (Fsp3) is 0.267. The van der Waals surface area contributed by atoms with Gasteiger partial charge in [-0.05, 0) is 42.0 Å². The molecule has 1 aliphatic heterocycles. The van der Waals surface area contributed by atoms with Gasteiger partial charge in [-0.3, -0.25) is 0 Å². The Bertz CT molecular complexity index is 1600. The van der Waals surface area contributed by atoms with Gasteiger partial charge in [0, 0.05) is 44.3 Å². The van der Waals surface area contributed by atoms with Crippen LogP contribution < -0.4 is 9.88 Å². The van der Waals surface area contributed by atoms with Crippen LogP contribution in [-0.2, 0) is 31.5 Å².